The van der Waals surface area contributed by atoms with Crippen LogP contribution in [0.1, 0.15) is 37.4 Å². The Labute approximate surface area is 181 Å². The van der Waals surface area contributed by atoms with E-state index in [2.05, 4.69) is 0 Å². The minimum absolute atomic E-state index is 0.00590. The molecule has 2 aromatic carbocycles. The number of hydrogen-bond donors (Lipinski definition) is 2. The molecule has 31 heavy (non-hydrogen) atoms. The highest BCUT2D eigenvalue weighted by molar-refractivity contribution is 6.46. The highest BCUT2D eigenvalue weighted by Gasteiger charge is 2.45. The van der Waals surface area contributed by atoms with E-state index in [1.807, 2.05) is 13.8 Å². The molecule has 2 aromatic rings. The minimum Gasteiger partial charge on any atom is -0.508 e. The van der Waals surface area contributed by atoms with Gasteiger partial charge in [-0.1, -0.05) is 12.1 Å². The molecule has 2 N–H and O–H groups in total. The first kappa shape index (κ1) is 22.4. The van der Waals surface area contributed by atoms with E-state index in [9.17, 15) is 19.8 Å². The fourth-order valence-electron chi connectivity index (χ4n) is 3.61. The number of carbonyl (C=O) groups excluding carboxylic acids is 2. The third-order valence-corrected chi connectivity index (χ3v) is 5.00. The Morgan fingerprint density at radius 3 is 2.29 bits per heavy atom. The maximum atomic E-state index is 12.9. The van der Waals surface area contributed by atoms with Crippen molar-refractivity contribution in [3.05, 3.63) is 65.2 Å². The predicted octanol–water partition coefficient (Wildman–Crippen LogP) is 3.64. The van der Waals surface area contributed by atoms with Crippen molar-refractivity contribution in [2.45, 2.75) is 32.4 Å². The molecule has 1 fully saturated rings. The zero-order valence-electron chi connectivity index (χ0n) is 17.9. The SMILES string of the molecule is COCCCN1C(=O)C(=O)C(=C(O)c2ccc(OC(C)C)cc2)[C@@H]1c1ccc(O)cc1. The zero-order valence-corrected chi connectivity index (χ0v) is 17.9. The number of carbonyl (C=O) groups is 2. The van der Waals surface area contributed by atoms with Gasteiger partial charge >= 0.3 is 0 Å². The van der Waals surface area contributed by atoms with Gasteiger partial charge in [-0.25, -0.2) is 0 Å². The minimum atomic E-state index is -0.760. The second-order valence-electron chi connectivity index (χ2n) is 7.62. The average Bonchev–Trinajstić information content (AvgIpc) is 2.99. The number of hydrogen-bond acceptors (Lipinski definition) is 6. The number of nitrogens with zero attached hydrogens (tertiary/aromatic N) is 1. The van der Waals surface area contributed by atoms with Crippen LogP contribution < -0.4 is 4.74 Å². The van der Waals surface area contributed by atoms with Crippen LogP contribution in [0, 0.1) is 0 Å². The van der Waals surface area contributed by atoms with Crippen LogP contribution >= 0.6 is 0 Å². The molecule has 1 heterocycles. The summed E-state index contributed by atoms with van der Waals surface area (Å²) in [6.45, 7) is 4.55. The van der Waals surface area contributed by atoms with E-state index in [0.29, 0.717) is 36.4 Å². The third-order valence-electron chi connectivity index (χ3n) is 5.00. The van der Waals surface area contributed by atoms with Crippen molar-refractivity contribution >= 4 is 17.4 Å². The second-order valence-corrected chi connectivity index (χ2v) is 7.62. The molecule has 7 nitrogen and oxygen atoms in total. The van der Waals surface area contributed by atoms with E-state index in [-0.39, 0.29) is 23.2 Å². The van der Waals surface area contributed by atoms with Gasteiger partial charge in [0.15, 0.2) is 0 Å². The quantitative estimate of drug-likeness (QED) is 0.290. The first-order valence-corrected chi connectivity index (χ1v) is 10.2. The molecule has 0 unspecified atom stereocenters. The van der Waals surface area contributed by atoms with Crippen LogP contribution in [0.25, 0.3) is 5.76 Å². The van der Waals surface area contributed by atoms with E-state index in [0.717, 1.165) is 0 Å². The van der Waals surface area contributed by atoms with Crippen LogP contribution in [0.15, 0.2) is 54.1 Å². The Kier molecular flexibility index (Phi) is 6.97. The normalized spacial score (nSPS) is 18.1. The lowest BCUT2D eigenvalue weighted by atomic mass is 9.95. The molecule has 1 aliphatic rings. The fourth-order valence-corrected chi connectivity index (χ4v) is 3.61. The van der Waals surface area contributed by atoms with E-state index in [1.54, 1.807) is 43.5 Å². The Morgan fingerprint density at radius 1 is 1.06 bits per heavy atom. The maximum absolute atomic E-state index is 12.9. The molecule has 1 amide bonds. The molecule has 3 rings (SSSR count). The van der Waals surface area contributed by atoms with Crippen molar-refractivity contribution < 1.29 is 29.3 Å². The Bertz CT molecular complexity index is 963. The van der Waals surface area contributed by atoms with E-state index in [4.69, 9.17) is 9.47 Å². The first-order valence-electron chi connectivity index (χ1n) is 10.2. The molecule has 1 aliphatic heterocycles. The Morgan fingerprint density at radius 2 is 1.71 bits per heavy atom. The Balaban J connectivity index is 2.04. The van der Waals surface area contributed by atoms with Crippen molar-refractivity contribution in [2.75, 3.05) is 20.3 Å². The van der Waals surface area contributed by atoms with Crippen molar-refractivity contribution in [3.63, 3.8) is 0 Å². The van der Waals surface area contributed by atoms with Crippen LogP contribution in [-0.4, -0.2) is 53.2 Å². The van der Waals surface area contributed by atoms with Crippen LogP contribution in [0.4, 0.5) is 0 Å². The summed E-state index contributed by atoms with van der Waals surface area (Å²) in [7, 11) is 1.57. The molecular weight excluding hydrogens is 398 g/mol. The number of phenolic OH excluding ortho intramolecular Hbond substituents is 1. The number of phenols is 1. The number of ether oxygens (including phenoxy) is 2. The van der Waals surface area contributed by atoms with Crippen molar-refractivity contribution in [1.82, 2.24) is 4.90 Å². The second kappa shape index (κ2) is 9.66. The number of methoxy groups -OCH3 is 1. The summed E-state index contributed by atoms with van der Waals surface area (Å²) in [5.41, 5.74) is 1.05. The average molecular weight is 425 g/mol. The van der Waals surface area contributed by atoms with Crippen molar-refractivity contribution in [1.29, 1.82) is 0 Å². The molecule has 0 saturated carbocycles. The van der Waals surface area contributed by atoms with Crippen LogP contribution in [-0.2, 0) is 14.3 Å². The van der Waals surface area contributed by atoms with Gasteiger partial charge in [0, 0.05) is 25.8 Å². The summed E-state index contributed by atoms with van der Waals surface area (Å²) in [6, 6.07) is 12.2. The van der Waals surface area contributed by atoms with Crippen molar-refractivity contribution in [3.8, 4) is 11.5 Å². The molecule has 0 bridgehead atoms. The largest absolute Gasteiger partial charge is 0.508 e. The van der Waals surface area contributed by atoms with Crippen LogP contribution in [0.2, 0.25) is 0 Å². The summed E-state index contributed by atoms with van der Waals surface area (Å²) in [4.78, 5) is 27.1. The maximum Gasteiger partial charge on any atom is 0.295 e. The summed E-state index contributed by atoms with van der Waals surface area (Å²) in [5.74, 6) is -0.949. The monoisotopic (exact) mass is 425 g/mol. The Hall–Kier alpha value is -3.32. The van der Waals surface area contributed by atoms with Gasteiger partial charge in [0.2, 0.25) is 0 Å². The molecule has 1 saturated heterocycles. The summed E-state index contributed by atoms with van der Waals surface area (Å²) in [6.07, 6.45) is 0.547. The number of benzene rings is 2. The van der Waals surface area contributed by atoms with Gasteiger partial charge in [-0.3, -0.25) is 9.59 Å². The lowest BCUT2D eigenvalue weighted by Gasteiger charge is -2.25. The lowest BCUT2D eigenvalue weighted by Crippen LogP contribution is -2.31. The molecule has 0 aliphatic carbocycles. The zero-order chi connectivity index (χ0) is 22.5. The molecular formula is C24H27NO6. The number of aliphatic hydroxyl groups is 1. The predicted molar refractivity (Wildman–Crippen MR) is 116 cm³/mol. The van der Waals surface area contributed by atoms with E-state index >= 15 is 0 Å². The lowest BCUT2D eigenvalue weighted by molar-refractivity contribution is -0.140. The van der Waals surface area contributed by atoms with Gasteiger partial charge in [-0.2, -0.15) is 0 Å². The molecule has 164 valence electrons. The van der Waals surface area contributed by atoms with Gasteiger partial charge in [0.1, 0.15) is 17.3 Å². The van der Waals surface area contributed by atoms with Gasteiger partial charge in [0.05, 0.1) is 17.7 Å². The molecule has 1 atom stereocenters. The number of likely N-dealkylation sites (tertiary alicyclic amines) is 1. The highest BCUT2D eigenvalue weighted by atomic mass is 16.5. The first-order chi connectivity index (χ1) is 14.8. The summed E-state index contributed by atoms with van der Waals surface area (Å²) in [5, 5.41) is 20.7. The molecule has 0 spiro atoms. The van der Waals surface area contributed by atoms with Crippen LogP contribution in [0.3, 0.4) is 0 Å². The fraction of sp³-hybridized carbons (Fsp3) is 0.333. The number of rotatable bonds is 8. The van der Waals surface area contributed by atoms with Gasteiger partial charge in [-0.05, 0) is 62.2 Å². The summed E-state index contributed by atoms with van der Waals surface area (Å²) < 4.78 is 10.7. The third kappa shape index (κ3) is 4.88. The van der Waals surface area contributed by atoms with Crippen LogP contribution in [0.5, 0.6) is 11.5 Å². The van der Waals surface area contributed by atoms with E-state index in [1.165, 1.54) is 17.0 Å². The molecule has 7 heteroatoms. The number of ketones is 1. The van der Waals surface area contributed by atoms with Gasteiger partial charge < -0.3 is 24.6 Å². The highest BCUT2D eigenvalue weighted by Crippen LogP contribution is 2.40. The van der Waals surface area contributed by atoms with Gasteiger partial charge in [0.25, 0.3) is 11.7 Å². The summed E-state index contributed by atoms with van der Waals surface area (Å²) >= 11 is 0. The molecule has 0 aromatic heterocycles. The number of aromatic hydroxyl groups is 1. The number of aliphatic hydroxyl groups excluding tert-OH is 1. The number of amides is 1. The van der Waals surface area contributed by atoms with Gasteiger partial charge in [-0.15, -0.1) is 0 Å². The topological polar surface area (TPSA) is 96.3 Å². The smallest absolute Gasteiger partial charge is 0.295 e. The standard InChI is InChI=1S/C24H27NO6/c1-15(2)31-19-11-7-17(8-12-19)22(27)20-21(16-5-9-18(26)10-6-16)25(13-4-14-30-3)24(29)23(20)28/h5-12,15,21,26-27H,4,13-14H2,1-3H3/t21-/m0/s1. The van der Waals surface area contributed by atoms with Crippen molar-refractivity contribution in [2.24, 2.45) is 0 Å². The molecule has 0 radical (unpaired) electrons. The number of Topliss-reactive ketones (excluding diaryl/α,β-unsaturated/α-hetero) is 1. The van der Waals surface area contributed by atoms with E-state index < -0.39 is 17.7 Å².